The van der Waals surface area contributed by atoms with Crippen molar-refractivity contribution in [1.29, 1.82) is 0 Å². The molecule has 0 aliphatic carbocycles. The molecule has 1 aromatic carbocycles. The van der Waals surface area contributed by atoms with Crippen LogP contribution in [0.15, 0.2) is 30.5 Å². The van der Waals surface area contributed by atoms with Crippen LogP contribution in [0.4, 0.5) is 15.9 Å². The third kappa shape index (κ3) is 2.94. The molecule has 19 heavy (non-hydrogen) atoms. The van der Waals surface area contributed by atoms with E-state index >= 15 is 0 Å². The number of halogens is 1. The quantitative estimate of drug-likeness (QED) is 0.833. The highest BCUT2D eigenvalue weighted by atomic mass is 32.1. The van der Waals surface area contributed by atoms with Crippen molar-refractivity contribution >= 4 is 28.7 Å². The van der Waals surface area contributed by atoms with Gasteiger partial charge in [0.15, 0.2) is 5.82 Å². The van der Waals surface area contributed by atoms with E-state index in [4.69, 9.17) is 22.7 Å². The number of ether oxygens (including phenoxy) is 1. The van der Waals surface area contributed by atoms with E-state index in [9.17, 15) is 4.39 Å². The van der Waals surface area contributed by atoms with Gasteiger partial charge in [-0.2, -0.15) is 5.10 Å². The number of hydrogen-bond acceptors (Lipinski definition) is 5. The van der Waals surface area contributed by atoms with Crippen molar-refractivity contribution in [3.8, 4) is 5.75 Å². The smallest absolute Gasteiger partial charge is 0.163 e. The van der Waals surface area contributed by atoms with E-state index in [0.717, 1.165) is 0 Å². The minimum Gasteiger partial charge on any atom is -0.497 e. The van der Waals surface area contributed by atoms with Crippen LogP contribution in [0.25, 0.3) is 0 Å². The predicted octanol–water partition coefficient (Wildman–Crippen LogP) is 2.00. The van der Waals surface area contributed by atoms with Crippen LogP contribution in [0.3, 0.4) is 0 Å². The lowest BCUT2D eigenvalue weighted by Gasteiger charge is -2.10. The summed E-state index contributed by atoms with van der Waals surface area (Å²) in [5.74, 6) is 0.368. The van der Waals surface area contributed by atoms with Gasteiger partial charge in [0.25, 0.3) is 0 Å². The first-order valence-corrected chi connectivity index (χ1v) is 5.74. The molecule has 0 fully saturated rings. The molecule has 2 aromatic rings. The lowest BCUT2D eigenvalue weighted by atomic mass is 10.2. The molecule has 3 N–H and O–H groups in total. The Bertz CT molecular complexity index is 620. The third-order valence-electron chi connectivity index (χ3n) is 2.41. The third-order valence-corrected chi connectivity index (χ3v) is 2.63. The Hall–Kier alpha value is -2.28. The minimum atomic E-state index is -0.444. The molecular weight excluding hydrogens is 267 g/mol. The highest BCUT2D eigenvalue weighted by molar-refractivity contribution is 7.80. The molecule has 0 bridgehead atoms. The number of benzene rings is 1. The number of anilines is 2. The fraction of sp³-hybridized carbons (Fsp3) is 0.0833. The fourth-order valence-corrected chi connectivity index (χ4v) is 1.64. The zero-order valence-corrected chi connectivity index (χ0v) is 10.9. The van der Waals surface area contributed by atoms with E-state index in [2.05, 4.69) is 15.5 Å². The van der Waals surface area contributed by atoms with Gasteiger partial charge in [0.1, 0.15) is 16.6 Å². The SMILES string of the molecule is COc1ccc(F)c(Nc2nnccc2C(N)=S)c1. The van der Waals surface area contributed by atoms with Crippen LogP contribution in [0.1, 0.15) is 5.56 Å². The molecule has 1 heterocycles. The Balaban J connectivity index is 2.38. The van der Waals surface area contributed by atoms with Crippen LogP contribution in [-0.2, 0) is 0 Å². The van der Waals surface area contributed by atoms with E-state index in [0.29, 0.717) is 17.1 Å². The van der Waals surface area contributed by atoms with E-state index in [-0.39, 0.29) is 10.7 Å². The number of hydrogen-bond donors (Lipinski definition) is 2. The molecule has 0 unspecified atom stereocenters. The zero-order chi connectivity index (χ0) is 13.8. The average molecular weight is 278 g/mol. The van der Waals surface area contributed by atoms with Gasteiger partial charge in [-0.15, -0.1) is 5.10 Å². The van der Waals surface area contributed by atoms with Gasteiger partial charge >= 0.3 is 0 Å². The first-order chi connectivity index (χ1) is 9.11. The maximum Gasteiger partial charge on any atom is 0.163 e. The number of aromatic nitrogens is 2. The van der Waals surface area contributed by atoms with Gasteiger partial charge in [0.05, 0.1) is 24.6 Å². The number of methoxy groups -OCH3 is 1. The van der Waals surface area contributed by atoms with Gasteiger partial charge in [-0.3, -0.25) is 0 Å². The van der Waals surface area contributed by atoms with Crippen LogP contribution in [0, 0.1) is 5.82 Å². The molecule has 0 aliphatic rings. The molecule has 1 aromatic heterocycles. The summed E-state index contributed by atoms with van der Waals surface area (Å²) >= 11 is 4.90. The molecular formula is C12H11FN4OS. The predicted molar refractivity (Wildman–Crippen MR) is 74.2 cm³/mol. The summed E-state index contributed by atoms with van der Waals surface area (Å²) in [7, 11) is 1.50. The Kier molecular flexibility index (Phi) is 3.86. The van der Waals surface area contributed by atoms with E-state index in [1.165, 1.54) is 31.5 Å². The molecule has 98 valence electrons. The van der Waals surface area contributed by atoms with Gasteiger partial charge in [0, 0.05) is 6.07 Å². The zero-order valence-electron chi connectivity index (χ0n) is 10.1. The van der Waals surface area contributed by atoms with Crippen molar-refractivity contribution in [1.82, 2.24) is 10.2 Å². The highest BCUT2D eigenvalue weighted by Crippen LogP contribution is 2.25. The summed E-state index contributed by atoms with van der Waals surface area (Å²) in [4.78, 5) is 0.153. The molecule has 0 aliphatic heterocycles. The van der Waals surface area contributed by atoms with Crippen LogP contribution in [-0.4, -0.2) is 22.3 Å². The molecule has 7 heteroatoms. The molecule has 5 nitrogen and oxygen atoms in total. The molecule has 0 radical (unpaired) electrons. The number of nitrogens with two attached hydrogens (primary N) is 1. The lowest BCUT2D eigenvalue weighted by Crippen LogP contribution is -2.13. The van der Waals surface area contributed by atoms with Crippen LogP contribution < -0.4 is 15.8 Å². The fourth-order valence-electron chi connectivity index (χ4n) is 1.48. The number of nitrogens with one attached hydrogen (secondary N) is 1. The summed E-state index contributed by atoms with van der Waals surface area (Å²) < 4.78 is 18.7. The van der Waals surface area contributed by atoms with Gasteiger partial charge in [-0.05, 0) is 18.2 Å². The first kappa shape index (κ1) is 13.2. The summed E-state index contributed by atoms with van der Waals surface area (Å²) in [6, 6.07) is 5.92. The Morgan fingerprint density at radius 3 is 2.89 bits per heavy atom. The van der Waals surface area contributed by atoms with Crippen molar-refractivity contribution in [3.05, 3.63) is 41.8 Å². The van der Waals surface area contributed by atoms with Crippen LogP contribution >= 0.6 is 12.2 Å². The lowest BCUT2D eigenvalue weighted by molar-refractivity contribution is 0.414. The van der Waals surface area contributed by atoms with E-state index in [1.807, 2.05) is 0 Å². The normalized spacial score (nSPS) is 10.0. The number of rotatable bonds is 4. The minimum absolute atomic E-state index is 0.153. The van der Waals surface area contributed by atoms with Gasteiger partial charge in [-0.1, -0.05) is 12.2 Å². The summed E-state index contributed by atoms with van der Waals surface area (Å²) in [6.07, 6.45) is 1.46. The Morgan fingerprint density at radius 2 is 2.21 bits per heavy atom. The summed E-state index contributed by atoms with van der Waals surface area (Å²) in [5.41, 5.74) is 6.27. The molecule has 0 spiro atoms. The Morgan fingerprint density at radius 1 is 1.42 bits per heavy atom. The van der Waals surface area contributed by atoms with Crippen LogP contribution in [0.2, 0.25) is 0 Å². The second-order valence-electron chi connectivity index (χ2n) is 3.63. The van der Waals surface area contributed by atoms with E-state index in [1.54, 1.807) is 6.07 Å². The Labute approximate surface area is 114 Å². The second kappa shape index (κ2) is 5.57. The second-order valence-corrected chi connectivity index (χ2v) is 4.07. The van der Waals surface area contributed by atoms with Gasteiger partial charge in [-0.25, -0.2) is 4.39 Å². The largest absolute Gasteiger partial charge is 0.497 e. The van der Waals surface area contributed by atoms with Crippen molar-refractivity contribution in [3.63, 3.8) is 0 Å². The van der Waals surface area contributed by atoms with Gasteiger partial charge in [0.2, 0.25) is 0 Å². The maximum absolute atomic E-state index is 13.7. The topological polar surface area (TPSA) is 73.1 Å². The molecule has 0 atom stereocenters. The maximum atomic E-state index is 13.7. The summed E-state index contributed by atoms with van der Waals surface area (Å²) in [5, 5.41) is 10.4. The standard InChI is InChI=1S/C12H11FN4OS/c1-18-7-2-3-9(13)10(6-7)16-12-8(11(14)19)4-5-15-17-12/h2-6H,1H3,(H2,14,19)(H,16,17). The van der Waals surface area contributed by atoms with Gasteiger partial charge < -0.3 is 15.8 Å². The number of nitrogens with zero attached hydrogens (tertiary/aromatic N) is 2. The van der Waals surface area contributed by atoms with Crippen molar-refractivity contribution in [2.75, 3.05) is 12.4 Å². The first-order valence-electron chi connectivity index (χ1n) is 5.34. The highest BCUT2D eigenvalue weighted by Gasteiger charge is 2.10. The number of thiocarbonyl (C=S) groups is 1. The van der Waals surface area contributed by atoms with Crippen molar-refractivity contribution in [2.24, 2.45) is 5.73 Å². The molecule has 0 saturated carbocycles. The molecule has 0 amide bonds. The molecule has 0 saturated heterocycles. The van der Waals surface area contributed by atoms with Crippen molar-refractivity contribution < 1.29 is 9.13 Å². The summed E-state index contributed by atoms with van der Waals surface area (Å²) in [6.45, 7) is 0. The van der Waals surface area contributed by atoms with E-state index < -0.39 is 5.82 Å². The van der Waals surface area contributed by atoms with Crippen molar-refractivity contribution in [2.45, 2.75) is 0 Å². The average Bonchev–Trinajstić information content (AvgIpc) is 2.41. The van der Waals surface area contributed by atoms with Crippen LogP contribution in [0.5, 0.6) is 5.75 Å². The monoisotopic (exact) mass is 278 g/mol. The molecule has 2 rings (SSSR count).